The summed E-state index contributed by atoms with van der Waals surface area (Å²) in [6.07, 6.45) is 0. The summed E-state index contributed by atoms with van der Waals surface area (Å²) in [6.45, 7) is 1.48. The molecule has 1 heterocycles. The smallest absolute Gasteiger partial charge is 0.292 e. The molecule has 0 unspecified atom stereocenters. The first-order valence-corrected chi connectivity index (χ1v) is 7.24. The molecule has 4 N–H and O–H groups in total. The minimum atomic E-state index is -0.381. The lowest BCUT2D eigenvalue weighted by atomic mass is 10.1. The lowest BCUT2D eigenvalue weighted by Crippen LogP contribution is -1.96. The highest BCUT2D eigenvalue weighted by atomic mass is 16.1. The number of nitrogens with zero attached hydrogens (tertiary/aromatic N) is 2. The molecule has 0 spiro atoms. The quantitative estimate of drug-likeness (QED) is 0.387. The summed E-state index contributed by atoms with van der Waals surface area (Å²) in [4.78, 5) is 23.4. The summed E-state index contributed by atoms with van der Waals surface area (Å²) >= 11 is 0. The third-order valence-electron chi connectivity index (χ3n) is 3.47. The summed E-state index contributed by atoms with van der Waals surface area (Å²) in [6, 6.07) is 13.8. The molecule has 0 saturated carbocycles. The molecule has 0 radical (unpaired) electrons. The van der Waals surface area contributed by atoms with E-state index in [1.165, 1.54) is 6.92 Å². The molecule has 0 atom stereocenters. The van der Waals surface area contributed by atoms with E-state index in [9.17, 15) is 9.59 Å². The van der Waals surface area contributed by atoms with Gasteiger partial charge in [-0.1, -0.05) is 24.3 Å². The van der Waals surface area contributed by atoms with Gasteiger partial charge in [0.05, 0.1) is 11.4 Å². The van der Waals surface area contributed by atoms with E-state index in [1.807, 2.05) is 0 Å². The van der Waals surface area contributed by atoms with Crippen LogP contribution in [0.2, 0.25) is 0 Å². The van der Waals surface area contributed by atoms with Crippen molar-refractivity contribution in [2.45, 2.75) is 6.92 Å². The van der Waals surface area contributed by atoms with Crippen molar-refractivity contribution in [3.05, 3.63) is 64.4 Å². The highest BCUT2D eigenvalue weighted by Crippen LogP contribution is 2.27. The Morgan fingerprint density at radius 1 is 1.04 bits per heavy atom. The molecule has 0 amide bonds. The first-order valence-electron chi connectivity index (χ1n) is 7.24. The van der Waals surface area contributed by atoms with Crippen LogP contribution in [0.25, 0.3) is 11.3 Å². The first kappa shape index (κ1) is 15.4. The van der Waals surface area contributed by atoms with Gasteiger partial charge < -0.3 is 5.73 Å². The fraction of sp³-hybridized carbons (Fsp3) is 0.0588. The zero-order valence-electron chi connectivity index (χ0n) is 12.9. The fourth-order valence-electron chi connectivity index (χ4n) is 2.20. The highest BCUT2D eigenvalue weighted by molar-refractivity contribution is 5.94. The summed E-state index contributed by atoms with van der Waals surface area (Å²) in [7, 11) is 0. The summed E-state index contributed by atoms with van der Waals surface area (Å²) < 4.78 is 0. The lowest BCUT2D eigenvalue weighted by molar-refractivity contribution is 0.101. The van der Waals surface area contributed by atoms with E-state index in [2.05, 4.69) is 20.4 Å². The van der Waals surface area contributed by atoms with E-state index >= 15 is 0 Å². The predicted molar refractivity (Wildman–Crippen MR) is 91.9 cm³/mol. The number of anilines is 1. The Morgan fingerprint density at radius 2 is 1.79 bits per heavy atom. The van der Waals surface area contributed by atoms with Crippen molar-refractivity contribution >= 4 is 22.8 Å². The van der Waals surface area contributed by atoms with Crippen molar-refractivity contribution in [1.82, 2.24) is 10.2 Å². The normalized spacial score (nSPS) is 11.0. The van der Waals surface area contributed by atoms with Crippen molar-refractivity contribution < 1.29 is 4.79 Å². The molecule has 7 nitrogen and oxygen atoms in total. The number of hydrogen-bond acceptors (Lipinski definition) is 5. The largest absolute Gasteiger partial charge is 0.399 e. The molecule has 120 valence electrons. The second-order valence-electron chi connectivity index (χ2n) is 5.23. The maximum Gasteiger partial charge on any atom is 0.292 e. The Morgan fingerprint density at radius 3 is 2.50 bits per heavy atom. The molecule has 3 rings (SSSR count). The molecular formula is C17H15N5O2. The maximum atomic E-state index is 12.0. The number of ketones is 1. The molecule has 2 aromatic carbocycles. The monoisotopic (exact) mass is 321 g/mol. The number of H-pyrrole nitrogens is 2. The maximum absolute atomic E-state index is 12.0. The van der Waals surface area contributed by atoms with E-state index in [0.717, 1.165) is 5.56 Å². The number of benzene rings is 2. The van der Waals surface area contributed by atoms with Gasteiger partial charge in [-0.05, 0) is 31.2 Å². The number of azo groups is 1. The minimum Gasteiger partial charge on any atom is -0.399 e. The van der Waals surface area contributed by atoms with Crippen LogP contribution in [0.4, 0.5) is 17.1 Å². The average molecular weight is 321 g/mol. The highest BCUT2D eigenvalue weighted by Gasteiger charge is 2.11. The standard InChI is InChI=1S/C17H15N5O2/c1-10(23)12-3-2-4-14(9-12)19-21-16-15(20-22-17(16)24)11-5-7-13(18)8-6-11/h2-9H,18H2,1H3,(H2,20,22,24). The van der Waals surface area contributed by atoms with Gasteiger partial charge in [0.15, 0.2) is 11.5 Å². The third-order valence-corrected chi connectivity index (χ3v) is 3.47. The van der Waals surface area contributed by atoms with Gasteiger partial charge in [-0.3, -0.25) is 19.8 Å². The summed E-state index contributed by atoms with van der Waals surface area (Å²) in [5.41, 5.74) is 8.38. The van der Waals surface area contributed by atoms with Crippen molar-refractivity contribution in [3.8, 4) is 11.3 Å². The lowest BCUT2D eigenvalue weighted by Gasteiger charge is -2.00. The van der Waals surface area contributed by atoms with Gasteiger partial charge in [-0.2, -0.15) is 5.11 Å². The topological polar surface area (TPSA) is 116 Å². The van der Waals surface area contributed by atoms with Crippen LogP contribution in [0, 0.1) is 0 Å². The van der Waals surface area contributed by atoms with Gasteiger partial charge in [0.1, 0.15) is 0 Å². The number of carbonyl (C=O) groups excluding carboxylic acids is 1. The minimum absolute atomic E-state index is 0.0610. The van der Waals surface area contributed by atoms with Crippen LogP contribution in [-0.2, 0) is 0 Å². The van der Waals surface area contributed by atoms with Gasteiger partial charge in [-0.15, -0.1) is 5.11 Å². The van der Waals surface area contributed by atoms with E-state index in [4.69, 9.17) is 5.73 Å². The number of aromatic amines is 2. The number of nitrogens with two attached hydrogens (primary N) is 1. The van der Waals surface area contributed by atoms with Gasteiger partial charge in [-0.25, -0.2) is 0 Å². The zero-order chi connectivity index (χ0) is 17.1. The van der Waals surface area contributed by atoms with Gasteiger partial charge in [0, 0.05) is 16.8 Å². The van der Waals surface area contributed by atoms with Crippen molar-refractivity contribution in [2.75, 3.05) is 5.73 Å². The Labute approximate surface area is 137 Å². The molecule has 0 aliphatic carbocycles. The number of carbonyl (C=O) groups is 1. The van der Waals surface area contributed by atoms with E-state index < -0.39 is 0 Å². The molecule has 0 fully saturated rings. The van der Waals surface area contributed by atoms with Crippen LogP contribution in [0.15, 0.2) is 63.6 Å². The molecule has 0 aliphatic rings. The van der Waals surface area contributed by atoms with Crippen molar-refractivity contribution in [3.63, 3.8) is 0 Å². The van der Waals surface area contributed by atoms with Crippen molar-refractivity contribution in [2.24, 2.45) is 10.2 Å². The number of nitrogens with one attached hydrogen (secondary N) is 2. The number of nitrogen functional groups attached to an aromatic ring is 1. The molecular weight excluding hydrogens is 306 g/mol. The van der Waals surface area contributed by atoms with E-state index in [1.54, 1.807) is 48.5 Å². The van der Waals surface area contributed by atoms with Crippen molar-refractivity contribution in [1.29, 1.82) is 0 Å². The molecule has 7 heteroatoms. The van der Waals surface area contributed by atoms with Crippen LogP contribution >= 0.6 is 0 Å². The fourth-order valence-corrected chi connectivity index (χ4v) is 2.20. The molecule has 24 heavy (non-hydrogen) atoms. The molecule has 0 saturated heterocycles. The van der Waals surface area contributed by atoms with Gasteiger partial charge in [0.2, 0.25) is 0 Å². The first-order chi connectivity index (χ1) is 11.5. The van der Waals surface area contributed by atoms with Crippen LogP contribution in [0.1, 0.15) is 17.3 Å². The van der Waals surface area contributed by atoms with Crippen LogP contribution in [0.3, 0.4) is 0 Å². The summed E-state index contributed by atoms with van der Waals surface area (Å²) in [5, 5.41) is 13.4. The number of Topliss-reactive ketones (excluding diaryl/α,β-unsaturated/α-hetero) is 1. The Bertz CT molecular complexity index is 967. The summed E-state index contributed by atoms with van der Waals surface area (Å²) in [5.74, 6) is -0.0610. The van der Waals surface area contributed by atoms with Gasteiger partial charge in [0.25, 0.3) is 5.56 Å². The Hall–Kier alpha value is -3.48. The number of rotatable bonds is 4. The SMILES string of the molecule is CC(=O)c1cccc(N=Nc2c(-c3ccc(N)cc3)[nH][nH]c2=O)c1. The van der Waals surface area contributed by atoms with Crippen LogP contribution in [-0.4, -0.2) is 16.0 Å². The van der Waals surface area contributed by atoms with Crippen LogP contribution < -0.4 is 11.3 Å². The van der Waals surface area contributed by atoms with Crippen LogP contribution in [0.5, 0.6) is 0 Å². The third kappa shape index (κ3) is 3.14. The molecule has 0 aliphatic heterocycles. The molecule has 1 aromatic heterocycles. The number of hydrogen-bond donors (Lipinski definition) is 3. The zero-order valence-corrected chi connectivity index (χ0v) is 12.9. The molecule has 3 aromatic rings. The molecule has 0 bridgehead atoms. The predicted octanol–water partition coefficient (Wildman–Crippen LogP) is 3.57. The number of aromatic nitrogens is 2. The second-order valence-corrected chi connectivity index (χ2v) is 5.23. The Balaban J connectivity index is 1.97. The van der Waals surface area contributed by atoms with E-state index in [-0.39, 0.29) is 17.0 Å². The second kappa shape index (κ2) is 6.33. The Kier molecular flexibility index (Phi) is 4.07. The van der Waals surface area contributed by atoms with E-state index in [0.29, 0.717) is 22.6 Å². The van der Waals surface area contributed by atoms with Gasteiger partial charge >= 0.3 is 0 Å². The average Bonchev–Trinajstić information content (AvgIpc) is 2.95.